The molecule has 0 aromatic heterocycles. The number of ether oxygens (including phenoxy) is 1. The van der Waals surface area contributed by atoms with E-state index in [1.165, 1.54) is 0 Å². The zero-order valence-electron chi connectivity index (χ0n) is 18.8. The number of carbonyl (C=O) groups excluding carboxylic acids is 3. The van der Waals surface area contributed by atoms with Gasteiger partial charge in [-0.3, -0.25) is 19.8 Å². The molecule has 10 heteroatoms. The standard InChI is InChI=1S/C24H28BrN5O4/c1-14(28-21(31)13-22(32)29-17-5-2-15(3-6-17)23(26)27)16-4-7-19(20(25)12-16)24(33)30-18-8-10-34-11-9-18/h2-7,12,14,18H,8-11,13H2,1H3,(H3,26,27)(H,28,31)(H,29,32)(H,30,33). The number of nitrogens with two attached hydrogens (primary N) is 1. The molecule has 0 saturated carbocycles. The number of nitrogens with one attached hydrogen (secondary N) is 4. The second-order valence-corrected chi connectivity index (χ2v) is 8.96. The first-order valence-corrected chi connectivity index (χ1v) is 11.7. The van der Waals surface area contributed by atoms with E-state index in [2.05, 4.69) is 31.9 Å². The number of carbonyl (C=O) groups is 3. The predicted molar refractivity (Wildman–Crippen MR) is 133 cm³/mol. The average molecular weight is 530 g/mol. The topological polar surface area (TPSA) is 146 Å². The van der Waals surface area contributed by atoms with Crippen molar-refractivity contribution in [3.8, 4) is 0 Å². The van der Waals surface area contributed by atoms with Crippen molar-refractivity contribution in [2.45, 2.75) is 38.3 Å². The number of halogens is 1. The molecule has 34 heavy (non-hydrogen) atoms. The fourth-order valence-electron chi connectivity index (χ4n) is 3.55. The maximum Gasteiger partial charge on any atom is 0.252 e. The number of hydrogen-bond donors (Lipinski definition) is 5. The lowest BCUT2D eigenvalue weighted by molar-refractivity contribution is -0.127. The average Bonchev–Trinajstić information content (AvgIpc) is 2.79. The summed E-state index contributed by atoms with van der Waals surface area (Å²) >= 11 is 3.45. The first-order chi connectivity index (χ1) is 16.2. The zero-order chi connectivity index (χ0) is 24.7. The van der Waals surface area contributed by atoms with E-state index in [0.29, 0.717) is 34.5 Å². The molecule has 1 atom stereocenters. The fourth-order valence-corrected chi connectivity index (χ4v) is 4.13. The summed E-state index contributed by atoms with van der Waals surface area (Å²) in [6, 6.07) is 11.5. The molecule has 180 valence electrons. The Morgan fingerprint density at radius 2 is 1.79 bits per heavy atom. The Hall–Kier alpha value is -3.24. The quantitative estimate of drug-likeness (QED) is 0.202. The van der Waals surface area contributed by atoms with Gasteiger partial charge in [0, 0.05) is 35.0 Å². The zero-order valence-corrected chi connectivity index (χ0v) is 20.4. The van der Waals surface area contributed by atoms with Crippen LogP contribution in [0.25, 0.3) is 0 Å². The number of nitrogen functional groups attached to an aromatic ring is 1. The van der Waals surface area contributed by atoms with Gasteiger partial charge in [0.2, 0.25) is 11.8 Å². The Kier molecular flexibility index (Phi) is 8.78. The van der Waals surface area contributed by atoms with E-state index in [1.807, 2.05) is 0 Å². The van der Waals surface area contributed by atoms with Crippen molar-refractivity contribution in [1.29, 1.82) is 5.41 Å². The third kappa shape index (κ3) is 7.13. The molecule has 9 nitrogen and oxygen atoms in total. The fraction of sp³-hybridized carbons (Fsp3) is 0.333. The van der Waals surface area contributed by atoms with Gasteiger partial charge in [0.15, 0.2) is 0 Å². The first-order valence-electron chi connectivity index (χ1n) is 10.9. The first kappa shape index (κ1) is 25.4. The highest BCUT2D eigenvalue weighted by Gasteiger charge is 2.20. The Morgan fingerprint density at radius 3 is 2.41 bits per heavy atom. The van der Waals surface area contributed by atoms with E-state index in [-0.39, 0.29) is 30.2 Å². The molecule has 3 rings (SSSR count). The minimum atomic E-state index is -0.457. The van der Waals surface area contributed by atoms with Crippen LogP contribution in [0, 0.1) is 5.41 Å². The minimum absolute atomic E-state index is 0.0640. The molecule has 1 fully saturated rings. The summed E-state index contributed by atoms with van der Waals surface area (Å²) in [4.78, 5) is 37.2. The van der Waals surface area contributed by atoms with E-state index in [0.717, 1.165) is 18.4 Å². The molecule has 1 aliphatic rings. The molecule has 0 aliphatic carbocycles. The molecule has 0 bridgehead atoms. The summed E-state index contributed by atoms with van der Waals surface area (Å²) in [7, 11) is 0. The van der Waals surface area contributed by atoms with Gasteiger partial charge in [-0.25, -0.2) is 0 Å². The van der Waals surface area contributed by atoms with Crippen LogP contribution in [-0.2, 0) is 14.3 Å². The summed E-state index contributed by atoms with van der Waals surface area (Å²) in [6.45, 7) is 3.10. The normalized spacial score (nSPS) is 14.6. The number of rotatable bonds is 8. The smallest absolute Gasteiger partial charge is 0.252 e. The second-order valence-electron chi connectivity index (χ2n) is 8.10. The molecule has 0 spiro atoms. The van der Waals surface area contributed by atoms with Crippen LogP contribution in [-0.4, -0.2) is 42.8 Å². The summed E-state index contributed by atoms with van der Waals surface area (Å²) in [5, 5.41) is 15.9. The van der Waals surface area contributed by atoms with E-state index in [9.17, 15) is 14.4 Å². The van der Waals surface area contributed by atoms with Gasteiger partial charge in [-0.05, 0) is 77.7 Å². The van der Waals surface area contributed by atoms with Crippen LogP contribution in [0.2, 0.25) is 0 Å². The third-order valence-corrected chi connectivity index (χ3v) is 6.13. The third-order valence-electron chi connectivity index (χ3n) is 5.47. The van der Waals surface area contributed by atoms with Gasteiger partial charge in [-0.1, -0.05) is 6.07 Å². The van der Waals surface area contributed by atoms with Gasteiger partial charge < -0.3 is 26.4 Å². The molecule has 1 unspecified atom stereocenters. The highest BCUT2D eigenvalue weighted by atomic mass is 79.9. The molecule has 1 aliphatic heterocycles. The van der Waals surface area contributed by atoms with Crippen LogP contribution in [0.4, 0.5) is 5.69 Å². The molecule has 1 heterocycles. The molecule has 6 N–H and O–H groups in total. The van der Waals surface area contributed by atoms with E-state index in [4.69, 9.17) is 15.9 Å². The Morgan fingerprint density at radius 1 is 1.12 bits per heavy atom. The van der Waals surface area contributed by atoms with Crippen LogP contribution >= 0.6 is 15.9 Å². The molecule has 0 radical (unpaired) electrons. The van der Waals surface area contributed by atoms with Crippen molar-refractivity contribution in [1.82, 2.24) is 10.6 Å². The summed E-state index contributed by atoms with van der Waals surface area (Å²) < 4.78 is 5.95. The number of amides is 3. The number of anilines is 1. The van der Waals surface area contributed by atoms with Crippen molar-refractivity contribution in [2.24, 2.45) is 5.73 Å². The molecular formula is C24H28BrN5O4. The van der Waals surface area contributed by atoms with E-state index in [1.54, 1.807) is 49.4 Å². The highest BCUT2D eigenvalue weighted by Crippen LogP contribution is 2.23. The van der Waals surface area contributed by atoms with Gasteiger partial charge in [-0.15, -0.1) is 0 Å². The highest BCUT2D eigenvalue weighted by molar-refractivity contribution is 9.10. The Labute approximate surface area is 206 Å². The lowest BCUT2D eigenvalue weighted by Gasteiger charge is -2.23. The van der Waals surface area contributed by atoms with Gasteiger partial charge in [0.1, 0.15) is 12.3 Å². The van der Waals surface area contributed by atoms with Crippen LogP contribution in [0.1, 0.15) is 53.7 Å². The summed E-state index contributed by atoms with van der Waals surface area (Å²) in [5.74, 6) is -1.11. The monoisotopic (exact) mass is 529 g/mol. The van der Waals surface area contributed by atoms with Crippen LogP contribution in [0.3, 0.4) is 0 Å². The Bertz CT molecular complexity index is 1070. The van der Waals surface area contributed by atoms with Gasteiger partial charge in [0.05, 0.1) is 11.6 Å². The van der Waals surface area contributed by atoms with Crippen LogP contribution in [0.5, 0.6) is 0 Å². The molecule has 2 aromatic rings. The lowest BCUT2D eigenvalue weighted by Crippen LogP contribution is -2.39. The largest absolute Gasteiger partial charge is 0.384 e. The van der Waals surface area contributed by atoms with Gasteiger partial charge in [-0.2, -0.15) is 0 Å². The predicted octanol–water partition coefficient (Wildman–Crippen LogP) is 2.85. The van der Waals surface area contributed by atoms with Crippen molar-refractivity contribution >= 4 is 45.2 Å². The van der Waals surface area contributed by atoms with Crippen molar-refractivity contribution in [3.63, 3.8) is 0 Å². The molecule has 2 aromatic carbocycles. The molecular weight excluding hydrogens is 502 g/mol. The molecule has 1 saturated heterocycles. The van der Waals surface area contributed by atoms with E-state index >= 15 is 0 Å². The summed E-state index contributed by atoms with van der Waals surface area (Å²) in [5.41, 5.74) is 7.78. The maximum atomic E-state index is 12.6. The molecule has 3 amide bonds. The van der Waals surface area contributed by atoms with Crippen molar-refractivity contribution in [3.05, 3.63) is 63.6 Å². The number of amidine groups is 1. The minimum Gasteiger partial charge on any atom is -0.384 e. The summed E-state index contributed by atoms with van der Waals surface area (Å²) in [6.07, 6.45) is 1.25. The SMILES string of the molecule is CC(NC(=O)CC(=O)Nc1ccc(C(=N)N)cc1)c1ccc(C(=O)NC2CCOCC2)c(Br)c1. The van der Waals surface area contributed by atoms with Crippen LogP contribution < -0.4 is 21.7 Å². The van der Waals surface area contributed by atoms with E-state index < -0.39 is 11.8 Å². The number of hydrogen-bond acceptors (Lipinski definition) is 5. The van der Waals surface area contributed by atoms with Crippen LogP contribution in [0.15, 0.2) is 46.9 Å². The van der Waals surface area contributed by atoms with Gasteiger partial charge in [0.25, 0.3) is 5.91 Å². The maximum absolute atomic E-state index is 12.6. The Balaban J connectivity index is 1.51. The van der Waals surface area contributed by atoms with Crippen molar-refractivity contribution in [2.75, 3.05) is 18.5 Å². The van der Waals surface area contributed by atoms with Gasteiger partial charge >= 0.3 is 0 Å². The number of benzene rings is 2. The van der Waals surface area contributed by atoms with Crippen molar-refractivity contribution < 1.29 is 19.1 Å². The lowest BCUT2D eigenvalue weighted by atomic mass is 10.0. The second kappa shape index (κ2) is 11.8.